The summed E-state index contributed by atoms with van der Waals surface area (Å²) in [5.41, 5.74) is 0. The van der Waals surface area contributed by atoms with Crippen molar-refractivity contribution in [2.45, 2.75) is 296 Å². The fraction of sp³-hybridized carbons (Fsp3) is 0.867. The Morgan fingerprint density at radius 3 is 0.924 bits per heavy atom. The van der Waals surface area contributed by atoms with E-state index < -0.39 is 97.5 Å². The van der Waals surface area contributed by atoms with E-state index in [0.29, 0.717) is 25.7 Å². The molecule has 19 heteroatoms. The highest BCUT2D eigenvalue weighted by Crippen LogP contribution is 2.45. The first-order chi connectivity index (χ1) is 38.2. The first-order valence-electron chi connectivity index (χ1n) is 31.1. The second kappa shape index (κ2) is 54.8. The normalized spacial score (nSPS) is 14.5. The van der Waals surface area contributed by atoms with Gasteiger partial charge in [0, 0.05) is 25.7 Å². The molecular formula is C60H112O17P2. The predicted octanol–water partition coefficient (Wildman–Crippen LogP) is 15.9. The van der Waals surface area contributed by atoms with E-state index >= 15 is 0 Å². The molecule has 0 saturated carbocycles. The van der Waals surface area contributed by atoms with E-state index in [-0.39, 0.29) is 25.7 Å². The van der Waals surface area contributed by atoms with Gasteiger partial charge in [0.15, 0.2) is 12.2 Å². The van der Waals surface area contributed by atoms with E-state index in [1.54, 1.807) is 0 Å². The first kappa shape index (κ1) is 76.5. The van der Waals surface area contributed by atoms with Crippen LogP contribution in [0.25, 0.3) is 0 Å². The molecule has 0 spiro atoms. The zero-order chi connectivity index (χ0) is 58.3. The molecule has 0 heterocycles. The molecule has 0 aliphatic carbocycles. The number of ether oxygens (including phenoxy) is 4. The maximum absolute atomic E-state index is 12.9. The molecule has 0 aliphatic rings. The number of aliphatic hydroxyl groups is 1. The van der Waals surface area contributed by atoms with Crippen molar-refractivity contribution in [3.8, 4) is 0 Å². The highest BCUT2D eigenvalue weighted by molar-refractivity contribution is 7.47. The summed E-state index contributed by atoms with van der Waals surface area (Å²) in [5, 5.41) is 10.5. The van der Waals surface area contributed by atoms with Gasteiger partial charge in [-0.15, -0.1) is 0 Å². The third kappa shape index (κ3) is 54.5. The average molecular weight is 1170 g/mol. The number of unbranched alkanes of at least 4 members (excludes halogenated alkanes) is 30. The van der Waals surface area contributed by atoms with Gasteiger partial charge < -0.3 is 33.8 Å². The molecule has 0 aromatic rings. The predicted molar refractivity (Wildman–Crippen MR) is 312 cm³/mol. The topological polar surface area (TPSA) is 237 Å². The summed E-state index contributed by atoms with van der Waals surface area (Å²) in [6, 6.07) is 0. The molecule has 0 fully saturated rings. The van der Waals surface area contributed by atoms with Gasteiger partial charge in [-0.3, -0.25) is 37.3 Å². The van der Waals surface area contributed by atoms with Crippen LogP contribution in [-0.2, 0) is 65.4 Å². The molecule has 17 nitrogen and oxygen atoms in total. The molecule has 3 N–H and O–H groups in total. The quantitative estimate of drug-likeness (QED) is 0.0169. The molecule has 0 aliphatic heterocycles. The minimum absolute atomic E-state index is 0.0852. The van der Waals surface area contributed by atoms with E-state index in [0.717, 1.165) is 116 Å². The standard InChI is InChI=1S/C60H112O17P2/c1-5-9-13-17-20-23-25-26-27-28-30-32-35-39-43-47-60(65)77-56(51-71-58(63)45-41-37-34-31-29-24-21-18-14-10-6-2)53-75-79(68,69)73-49-54(61)48-72-78(66,67)74-52-55(50-70-57(62)44-40-36-16-12-8-4)76-59(64)46-42-38-33-22-19-15-11-7-3/h23,25-27,54-56,61H,5-22,24,28-53H2,1-4H3,(H,66,67)(H,68,69)/b25-23-,27-26-/t54-,55+,56+/m0/s1. The number of carbonyl (C=O) groups is 4. The smallest absolute Gasteiger partial charge is 0.462 e. The highest BCUT2D eigenvalue weighted by Gasteiger charge is 2.30. The van der Waals surface area contributed by atoms with Gasteiger partial charge in [-0.25, -0.2) is 9.13 Å². The molecule has 0 radical (unpaired) electrons. The number of allylic oxidation sites excluding steroid dienone is 4. The van der Waals surface area contributed by atoms with Crippen molar-refractivity contribution in [1.82, 2.24) is 0 Å². The minimum atomic E-state index is -4.95. The SMILES string of the molecule is CCCCCC/C=C\C=C/CCCCCCCC(=O)O[C@H](COC(=O)CCCCCCCCCCCCC)COP(=O)(O)OC[C@@H](O)COP(=O)(O)OC[C@@H](COC(=O)CCCCCCC)OC(=O)CCCCCCCCCC. The Labute approximate surface area is 478 Å². The monoisotopic (exact) mass is 1170 g/mol. The van der Waals surface area contributed by atoms with Crippen molar-refractivity contribution in [1.29, 1.82) is 0 Å². The number of aliphatic hydroxyl groups excluding tert-OH is 1. The third-order valence-electron chi connectivity index (χ3n) is 13.2. The Hall–Kier alpha value is -2.46. The van der Waals surface area contributed by atoms with E-state index in [2.05, 4.69) is 52.0 Å². The molecule has 0 bridgehead atoms. The summed E-state index contributed by atoms with van der Waals surface area (Å²) in [6.07, 6.45) is 41.5. The Bertz CT molecular complexity index is 1630. The van der Waals surface area contributed by atoms with Crippen molar-refractivity contribution < 1.29 is 80.2 Å². The van der Waals surface area contributed by atoms with Crippen LogP contribution in [0.2, 0.25) is 0 Å². The Kier molecular flexibility index (Phi) is 53.1. The molecule has 0 aromatic heterocycles. The number of phosphoric acid groups is 2. The lowest BCUT2D eigenvalue weighted by Crippen LogP contribution is -2.30. The van der Waals surface area contributed by atoms with E-state index in [1.807, 2.05) is 0 Å². The van der Waals surface area contributed by atoms with E-state index in [4.69, 9.17) is 37.0 Å². The van der Waals surface area contributed by atoms with Crippen LogP contribution < -0.4 is 0 Å². The van der Waals surface area contributed by atoms with Crippen molar-refractivity contribution in [2.24, 2.45) is 0 Å². The maximum Gasteiger partial charge on any atom is 0.472 e. The number of carbonyl (C=O) groups excluding carboxylic acids is 4. The van der Waals surface area contributed by atoms with Crippen molar-refractivity contribution in [2.75, 3.05) is 39.6 Å². The molecule has 5 atom stereocenters. The van der Waals surface area contributed by atoms with E-state index in [9.17, 15) is 43.2 Å². The van der Waals surface area contributed by atoms with Gasteiger partial charge in [0.25, 0.3) is 0 Å². The highest BCUT2D eigenvalue weighted by atomic mass is 31.2. The van der Waals surface area contributed by atoms with E-state index in [1.165, 1.54) is 83.5 Å². The zero-order valence-corrected chi connectivity index (χ0v) is 51.6. The first-order valence-corrected chi connectivity index (χ1v) is 34.1. The number of phosphoric ester groups is 2. The molecule has 0 aromatic carbocycles. The van der Waals surface area contributed by atoms with Gasteiger partial charge in [0.1, 0.15) is 19.3 Å². The zero-order valence-electron chi connectivity index (χ0n) is 49.8. The van der Waals surface area contributed by atoms with Crippen molar-refractivity contribution in [3.05, 3.63) is 24.3 Å². The molecule has 464 valence electrons. The maximum atomic E-state index is 12.9. The molecule has 79 heavy (non-hydrogen) atoms. The summed E-state index contributed by atoms with van der Waals surface area (Å²) in [7, 11) is -9.88. The van der Waals surface area contributed by atoms with Gasteiger partial charge in [-0.1, -0.05) is 225 Å². The number of hydrogen-bond donors (Lipinski definition) is 3. The van der Waals surface area contributed by atoms with Crippen molar-refractivity contribution in [3.63, 3.8) is 0 Å². The van der Waals surface area contributed by atoms with Gasteiger partial charge in [-0.05, 0) is 51.4 Å². The van der Waals surface area contributed by atoms with Crippen LogP contribution in [0.15, 0.2) is 24.3 Å². The van der Waals surface area contributed by atoms with Crippen LogP contribution in [0.4, 0.5) is 0 Å². The van der Waals surface area contributed by atoms with Gasteiger partial charge in [-0.2, -0.15) is 0 Å². The molecule has 2 unspecified atom stereocenters. The number of rotatable bonds is 59. The van der Waals surface area contributed by atoms with Crippen LogP contribution in [-0.4, -0.2) is 96.7 Å². The minimum Gasteiger partial charge on any atom is -0.462 e. The van der Waals surface area contributed by atoms with Gasteiger partial charge in [0.2, 0.25) is 0 Å². The van der Waals surface area contributed by atoms with Crippen LogP contribution in [0.1, 0.15) is 278 Å². The Balaban J connectivity index is 5.21. The van der Waals surface area contributed by atoms with Crippen LogP contribution in [0.5, 0.6) is 0 Å². The molecular weight excluding hydrogens is 1050 g/mol. The summed E-state index contributed by atoms with van der Waals surface area (Å²) < 4.78 is 67.5. The summed E-state index contributed by atoms with van der Waals surface area (Å²) in [6.45, 7) is 4.68. The lowest BCUT2D eigenvalue weighted by Gasteiger charge is -2.21. The Morgan fingerprint density at radius 2 is 0.608 bits per heavy atom. The second-order valence-electron chi connectivity index (χ2n) is 21.1. The van der Waals surface area contributed by atoms with Crippen LogP contribution in [0, 0.1) is 0 Å². The van der Waals surface area contributed by atoms with Crippen LogP contribution in [0.3, 0.4) is 0 Å². The second-order valence-corrected chi connectivity index (χ2v) is 24.0. The van der Waals surface area contributed by atoms with Gasteiger partial charge >= 0.3 is 39.5 Å². The average Bonchev–Trinajstić information content (AvgIpc) is 3.42. The Morgan fingerprint density at radius 1 is 0.354 bits per heavy atom. The fourth-order valence-corrected chi connectivity index (χ4v) is 9.97. The molecule has 0 rings (SSSR count). The number of hydrogen-bond acceptors (Lipinski definition) is 15. The third-order valence-corrected chi connectivity index (χ3v) is 15.1. The lowest BCUT2D eigenvalue weighted by molar-refractivity contribution is -0.161. The van der Waals surface area contributed by atoms with Gasteiger partial charge in [0.05, 0.1) is 26.4 Å². The summed E-state index contributed by atoms with van der Waals surface area (Å²) >= 11 is 0. The van der Waals surface area contributed by atoms with Crippen molar-refractivity contribution >= 4 is 39.5 Å². The lowest BCUT2D eigenvalue weighted by atomic mass is 10.1. The summed E-state index contributed by atoms with van der Waals surface area (Å²) in [5.74, 6) is -2.18. The fourth-order valence-electron chi connectivity index (χ4n) is 8.39. The largest absolute Gasteiger partial charge is 0.472 e. The molecule has 0 amide bonds. The number of esters is 4. The summed E-state index contributed by atoms with van der Waals surface area (Å²) in [4.78, 5) is 71.7. The van der Waals surface area contributed by atoms with Crippen LogP contribution >= 0.6 is 15.6 Å². The molecule has 0 saturated heterocycles.